The Kier molecular flexibility index (Phi) is 6.33. The normalized spacial score (nSPS) is 14.7. The van der Waals surface area contributed by atoms with Gasteiger partial charge in [-0.2, -0.15) is 0 Å². The van der Waals surface area contributed by atoms with E-state index in [1.165, 1.54) is 18.2 Å². The molecule has 1 aromatic rings. The van der Waals surface area contributed by atoms with Gasteiger partial charge in [-0.25, -0.2) is 9.59 Å². The van der Waals surface area contributed by atoms with E-state index in [4.69, 9.17) is 14.2 Å². The SMILES string of the molecule is CCOC(=O)C1=C(C)OC(C)=C(C(=O)OCC)C1c1cccc([N+](=O)[O-])c1. The highest BCUT2D eigenvalue weighted by Gasteiger charge is 2.39. The van der Waals surface area contributed by atoms with Gasteiger partial charge in [-0.1, -0.05) is 12.1 Å². The van der Waals surface area contributed by atoms with E-state index in [0.29, 0.717) is 5.56 Å². The predicted octanol–water partition coefficient (Wildman–Crippen LogP) is 3.38. The van der Waals surface area contributed by atoms with E-state index in [-0.39, 0.29) is 41.6 Å². The molecule has 0 N–H and O–H groups in total. The molecule has 0 radical (unpaired) electrons. The molecule has 0 aliphatic carbocycles. The number of allylic oxidation sites excluding steroid dienone is 2. The minimum Gasteiger partial charge on any atom is -0.465 e. The number of esters is 2. The molecule has 0 spiro atoms. The van der Waals surface area contributed by atoms with Crippen molar-refractivity contribution >= 4 is 17.6 Å². The lowest BCUT2D eigenvalue weighted by molar-refractivity contribution is -0.384. The van der Waals surface area contributed by atoms with Gasteiger partial charge in [0.2, 0.25) is 0 Å². The van der Waals surface area contributed by atoms with Crippen LogP contribution in [0.3, 0.4) is 0 Å². The zero-order chi connectivity index (χ0) is 20.1. The lowest BCUT2D eigenvalue weighted by Gasteiger charge is -2.29. The molecule has 8 nitrogen and oxygen atoms in total. The summed E-state index contributed by atoms with van der Waals surface area (Å²) >= 11 is 0. The fourth-order valence-corrected chi connectivity index (χ4v) is 2.98. The Morgan fingerprint density at radius 3 is 2.04 bits per heavy atom. The zero-order valence-corrected chi connectivity index (χ0v) is 15.6. The van der Waals surface area contributed by atoms with Gasteiger partial charge >= 0.3 is 11.9 Å². The van der Waals surface area contributed by atoms with Crippen LogP contribution in [0.2, 0.25) is 0 Å². The molecule has 0 saturated heterocycles. The fourth-order valence-electron chi connectivity index (χ4n) is 2.98. The number of nitro benzene ring substituents is 1. The molecule has 1 aliphatic heterocycles. The van der Waals surface area contributed by atoms with Crippen LogP contribution < -0.4 is 0 Å². The van der Waals surface area contributed by atoms with E-state index < -0.39 is 22.8 Å². The maximum Gasteiger partial charge on any atom is 0.338 e. The van der Waals surface area contributed by atoms with Crippen LogP contribution in [0.5, 0.6) is 0 Å². The van der Waals surface area contributed by atoms with Crippen LogP contribution in [-0.2, 0) is 23.8 Å². The summed E-state index contributed by atoms with van der Waals surface area (Å²) in [5, 5.41) is 11.2. The number of hydrogen-bond acceptors (Lipinski definition) is 7. The van der Waals surface area contributed by atoms with Crippen molar-refractivity contribution in [2.24, 2.45) is 0 Å². The summed E-state index contributed by atoms with van der Waals surface area (Å²) in [5.41, 5.74) is 0.482. The summed E-state index contributed by atoms with van der Waals surface area (Å²) in [4.78, 5) is 35.8. The van der Waals surface area contributed by atoms with Crippen LogP contribution in [0.15, 0.2) is 46.9 Å². The van der Waals surface area contributed by atoms with Gasteiger partial charge in [0.05, 0.1) is 35.2 Å². The van der Waals surface area contributed by atoms with Gasteiger partial charge in [0.25, 0.3) is 5.69 Å². The number of carbonyl (C=O) groups is 2. The van der Waals surface area contributed by atoms with Crippen molar-refractivity contribution in [2.75, 3.05) is 13.2 Å². The Morgan fingerprint density at radius 2 is 1.59 bits per heavy atom. The van der Waals surface area contributed by atoms with Crippen molar-refractivity contribution in [2.45, 2.75) is 33.6 Å². The van der Waals surface area contributed by atoms with E-state index in [2.05, 4.69) is 0 Å². The smallest absolute Gasteiger partial charge is 0.338 e. The standard InChI is InChI=1S/C19H21NO7/c1-5-25-18(21)15-11(3)27-12(4)16(19(22)26-6-2)17(15)13-8-7-9-14(10-13)20(23)24/h7-10,17H,5-6H2,1-4H3. The van der Waals surface area contributed by atoms with Crippen LogP contribution in [0.1, 0.15) is 39.2 Å². The number of nitro groups is 1. The minimum absolute atomic E-state index is 0.117. The first-order valence-electron chi connectivity index (χ1n) is 8.49. The van der Waals surface area contributed by atoms with Gasteiger partial charge < -0.3 is 14.2 Å². The minimum atomic E-state index is -0.892. The molecule has 1 aromatic carbocycles. The van der Waals surface area contributed by atoms with Crippen molar-refractivity contribution in [3.8, 4) is 0 Å². The van der Waals surface area contributed by atoms with E-state index in [9.17, 15) is 19.7 Å². The van der Waals surface area contributed by atoms with Crippen LogP contribution >= 0.6 is 0 Å². The second kappa shape index (κ2) is 8.48. The molecule has 8 heteroatoms. The van der Waals surface area contributed by atoms with E-state index in [0.717, 1.165) is 0 Å². The first-order valence-corrected chi connectivity index (χ1v) is 8.49. The Morgan fingerprint density at radius 1 is 1.07 bits per heavy atom. The molecule has 1 aliphatic rings. The van der Waals surface area contributed by atoms with Gasteiger partial charge in [0.15, 0.2) is 0 Å². The second-order valence-corrected chi connectivity index (χ2v) is 5.77. The van der Waals surface area contributed by atoms with Crippen LogP contribution in [-0.4, -0.2) is 30.1 Å². The first-order chi connectivity index (χ1) is 12.8. The largest absolute Gasteiger partial charge is 0.465 e. The van der Waals surface area contributed by atoms with Crippen molar-refractivity contribution in [1.29, 1.82) is 0 Å². The average molecular weight is 375 g/mol. The molecule has 1 heterocycles. The Hall–Kier alpha value is -3.16. The Bertz CT molecular complexity index is 798. The van der Waals surface area contributed by atoms with Crippen LogP contribution in [0.4, 0.5) is 5.69 Å². The van der Waals surface area contributed by atoms with E-state index >= 15 is 0 Å². The van der Waals surface area contributed by atoms with Gasteiger partial charge in [-0.05, 0) is 33.3 Å². The topological polar surface area (TPSA) is 105 Å². The first kappa shape index (κ1) is 20.2. The number of benzene rings is 1. The third kappa shape index (κ3) is 4.16. The fraction of sp³-hybridized carbons (Fsp3) is 0.368. The molecule has 0 saturated carbocycles. The Balaban J connectivity index is 2.68. The lowest BCUT2D eigenvalue weighted by Crippen LogP contribution is -2.27. The number of non-ortho nitro benzene ring substituents is 1. The number of nitrogens with zero attached hydrogens (tertiary/aromatic N) is 1. The van der Waals surface area contributed by atoms with Gasteiger partial charge in [-0.15, -0.1) is 0 Å². The number of rotatable bonds is 6. The van der Waals surface area contributed by atoms with Crippen LogP contribution in [0.25, 0.3) is 0 Å². The van der Waals surface area contributed by atoms with Crippen LogP contribution in [0, 0.1) is 10.1 Å². The maximum absolute atomic E-state index is 12.6. The summed E-state index contributed by atoms with van der Waals surface area (Å²) in [6, 6.07) is 5.78. The average Bonchev–Trinajstić information content (AvgIpc) is 2.61. The molecular weight excluding hydrogens is 354 g/mol. The highest BCUT2D eigenvalue weighted by atomic mass is 16.6. The van der Waals surface area contributed by atoms with Crippen molar-refractivity contribution in [3.05, 3.63) is 62.6 Å². The molecular formula is C19H21NO7. The third-order valence-electron chi connectivity index (χ3n) is 4.05. The predicted molar refractivity (Wildman–Crippen MR) is 95.6 cm³/mol. The Labute approximate surface area is 156 Å². The number of ether oxygens (including phenoxy) is 3. The molecule has 0 atom stereocenters. The molecule has 0 aromatic heterocycles. The quantitative estimate of drug-likeness (QED) is 0.426. The molecule has 144 valence electrons. The van der Waals surface area contributed by atoms with E-state index in [1.54, 1.807) is 33.8 Å². The summed E-state index contributed by atoms with van der Waals surface area (Å²) < 4.78 is 15.8. The summed E-state index contributed by atoms with van der Waals surface area (Å²) in [7, 11) is 0. The van der Waals surface area contributed by atoms with Crippen molar-refractivity contribution in [3.63, 3.8) is 0 Å². The van der Waals surface area contributed by atoms with E-state index in [1.807, 2.05) is 0 Å². The number of carbonyl (C=O) groups excluding carboxylic acids is 2. The molecule has 2 rings (SSSR count). The molecule has 0 amide bonds. The lowest BCUT2D eigenvalue weighted by atomic mass is 9.81. The number of hydrogen-bond donors (Lipinski definition) is 0. The summed E-state index contributed by atoms with van der Waals surface area (Å²) in [5.74, 6) is -1.65. The summed E-state index contributed by atoms with van der Waals surface area (Å²) in [6.07, 6.45) is 0. The second-order valence-electron chi connectivity index (χ2n) is 5.77. The molecule has 0 unspecified atom stereocenters. The molecule has 27 heavy (non-hydrogen) atoms. The molecule has 0 bridgehead atoms. The monoisotopic (exact) mass is 375 g/mol. The van der Waals surface area contributed by atoms with Crippen molar-refractivity contribution in [1.82, 2.24) is 0 Å². The summed E-state index contributed by atoms with van der Waals surface area (Å²) in [6.45, 7) is 6.76. The molecule has 0 fully saturated rings. The highest BCUT2D eigenvalue weighted by Crippen LogP contribution is 2.42. The third-order valence-corrected chi connectivity index (χ3v) is 4.05. The van der Waals surface area contributed by atoms with Crippen molar-refractivity contribution < 1.29 is 28.7 Å². The zero-order valence-electron chi connectivity index (χ0n) is 15.6. The van der Waals surface area contributed by atoms with Gasteiger partial charge in [0, 0.05) is 12.1 Å². The van der Waals surface area contributed by atoms with Gasteiger partial charge in [0.1, 0.15) is 11.5 Å². The van der Waals surface area contributed by atoms with Gasteiger partial charge in [-0.3, -0.25) is 10.1 Å². The maximum atomic E-state index is 12.6. The highest BCUT2D eigenvalue weighted by molar-refractivity contribution is 5.99.